The third-order valence-corrected chi connectivity index (χ3v) is 9.40. The summed E-state index contributed by atoms with van der Waals surface area (Å²) in [5, 5.41) is 7.87. The maximum absolute atomic E-state index is 6.30. The Morgan fingerprint density at radius 1 is 1.16 bits per heavy atom. The van der Waals surface area contributed by atoms with Crippen molar-refractivity contribution >= 4 is 40.2 Å². The molecule has 6 nitrogen and oxygen atoms in total. The van der Waals surface area contributed by atoms with E-state index < -0.39 is 0 Å². The van der Waals surface area contributed by atoms with E-state index in [2.05, 4.69) is 57.7 Å². The van der Waals surface area contributed by atoms with Gasteiger partial charge in [0, 0.05) is 32.2 Å². The van der Waals surface area contributed by atoms with Crippen LogP contribution in [0.5, 0.6) is 0 Å². The molecule has 3 aliphatic carbocycles. The third kappa shape index (κ3) is 6.04. The standard InChI is InChI=1S/C29H42Cl2N6/c1-32-11-12-33-10-5-13-37(28-34-26-16-24(30)25(31)17-27(26)35-28)23-8-9-29(18-22(29)15-23)21-7-4-6-20(14-21)19-36(2)3/h4,6,14,16-17,21-23,32-33H,5,7-13,15,18-19H2,1-3H3,(H,34,35)/t21?,22?,23-,29-/m1/s1. The minimum Gasteiger partial charge on any atom is -0.339 e. The van der Waals surface area contributed by atoms with Crippen molar-refractivity contribution in [3.63, 3.8) is 0 Å². The lowest BCUT2D eigenvalue weighted by molar-refractivity contribution is 0.236. The number of likely N-dealkylation sites (N-methyl/N-ethyl adjacent to an activating group) is 2. The van der Waals surface area contributed by atoms with Crippen LogP contribution in [0, 0.1) is 17.3 Å². The second kappa shape index (κ2) is 11.7. The van der Waals surface area contributed by atoms with Crippen LogP contribution >= 0.6 is 23.2 Å². The zero-order valence-electron chi connectivity index (χ0n) is 22.5. The summed E-state index contributed by atoms with van der Waals surface area (Å²) in [6, 6.07) is 4.28. The predicted molar refractivity (Wildman–Crippen MR) is 157 cm³/mol. The van der Waals surface area contributed by atoms with Crippen LogP contribution in [0.2, 0.25) is 10.0 Å². The molecule has 2 aromatic rings. The van der Waals surface area contributed by atoms with Crippen molar-refractivity contribution in [2.45, 2.75) is 44.6 Å². The molecule has 0 radical (unpaired) electrons. The summed E-state index contributed by atoms with van der Waals surface area (Å²) in [7, 11) is 6.31. The molecule has 4 atom stereocenters. The molecule has 0 spiro atoms. The number of benzene rings is 1. The van der Waals surface area contributed by atoms with Crippen LogP contribution in [0.3, 0.4) is 0 Å². The van der Waals surface area contributed by atoms with Crippen LogP contribution in [-0.2, 0) is 0 Å². The normalized spacial score (nSPS) is 27.0. The van der Waals surface area contributed by atoms with Crippen LogP contribution in [0.15, 0.2) is 35.9 Å². The molecule has 8 heteroatoms. The van der Waals surface area contributed by atoms with Gasteiger partial charge in [0.25, 0.3) is 0 Å². The molecule has 5 rings (SSSR count). The molecule has 0 bridgehead atoms. The molecule has 1 aromatic heterocycles. The zero-order chi connectivity index (χ0) is 26.0. The van der Waals surface area contributed by atoms with E-state index >= 15 is 0 Å². The maximum atomic E-state index is 6.30. The molecule has 0 saturated heterocycles. The average Bonchev–Trinajstić information content (AvgIpc) is 3.49. The predicted octanol–water partition coefficient (Wildman–Crippen LogP) is 5.50. The second-order valence-electron chi connectivity index (χ2n) is 11.5. The first-order chi connectivity index (χ1) is 17.9. The molecule has 37 heavy (non-hydrogen) atoms. The number of halogens is 2. The lowest BCUT2D eigenvalue weighted by atomic mass is 9.73. The van der Waals surface area contributed by atoms with E-state index in [0.717, 1.165) is 62.0 Å². The number of nitrogens with one attached hydrogen (secondary N) is 3. The van der Waals surface area contributed by atoms with Gasteiger partial charge in [-0.25, -0.2) is 4.98 Å². The van der Waals surface area contributed by atoms with Gasteiger partial charge in [0.05, 0.1) is 21.1 Å². The van der Waals surface area contributed by atoms with E-state index in [1.165, 1.54) is 37.7 Å². The maximum Gasteiger partial charge on any atom is 0.204 e. The largest absolute Gasteiger partial charge is 0.339 e. The van der Waals surface area contributed by atoms with Crippen molar-refractivity contribution in [1.29, 1.82) is 0 Å². The summed E-state index contributed by atoms with van der Waals surface area (Å²) in [5.74, 6) is 2.46. The van der Waals surface area contributed by atoms with Crippen molar-refractivity contribution in [1.82, 2.24) is 25.5 Å². The van der Waals surface area contributed by atoms with Gasteiger partial charge < -0.3 is 25.4 Å². The van der Waals surface area contributed by atoms with Gasteiger partial charge in [0.2, 0.25) is 5.95 Å². The van der Waals surface area contributed by atoms with E-state index in [0.29, 0.717) is 27.4 Å². The summed E-state index contributed by atoms with van der Waals surface area (Å²) >= 11 is 12.6. The first-order valence-electron chi connectivity index (χ1n) is 13.9. The molecule has 2 fully saturated rings. The SMILES string of the molecule is CNCCNCCCN(c1nc2cc(Cl)c(Cl)cc2[nH]1)[C@@H]1CC[C@]2(C3C=C(CN(C)C)C=CC3)CC2C1. The number of hydrogen-bond acceptors (Lipinski definition) is 5. The Morgan fingerprint density at radius 3 is 2.78 bits per heavy atom. The van der Waals surface area contributed by atoms with Gasteiger partial charge >= 0.3 is 0 Å². The first kappa shape index (κ1) is 27.0. The summed E-state index contributed by atoms with van der Waals surface area (Å²) in [6.45, 7) is 5.00. The van der Waals surface area contributed by atoms with E-state index in [1.807, 2.05) is 19.2 Å². The van der Waals surface area contributed by atoms with Gasteiger partial charge in [-0.05, 0) is 101 Å². The molecule has 202 valence electrons. The molecule has 1 heterocycles. The minimum atomic E-state index is 0.508. The van der Waals surface area contributed by atoms with Crippen molar-refractivity contribution in [3.8, 4) is 0 Å². The highest BCUT2D eigenvalue weighted by molar-refractivity contribution is 6.42. The second-order valence-corrected chi connectivity index (χ2v) is 12.3. The fraction of sp³-hybridized carbons (Fsp3) is 0.621. The van der Waals surface area contributed by atoms with E-state index in [4.69, 9.17) is 28.2 Å². The number of fused-ring (bicyclic) bond motifs is 2. The van der Waals surface area contributed by atoms with E-state index in [1.54, 1.807) is 0 Å². The Kier molecular flexibility index (Phi) is 8.52. The van der Waals surface area contributed by atoms with Gasteiger partial charge in [0.15, 0.2) is 0 Å². The molecule has 2 unspecified atom stereocenters. The molecule has 0 amide bonds. The fourth-order valence-electron chi connectivity index (χ4n) is 6.75. The highest BCUT2D eigenvalue weighted by Gasteiger charge is 2.60. The number of anilines is 1. The van der Waals surface area contributed by atoms with Crippen LogP contribution in [0.1, 0.15) is 38.5 Å². The number of allylic oxidation sites excluding steroid dienone is 2. The molecule has 2 saturated carbocycles. The van der Waals surface area contributed by atoms with Gasteiger partial charge in [-0.2, -0.15) is 0 Å². The first-order valence-corrected chi connectivity index (χ1v) is 14.6. The summed E-state index contributed by atoms with van der Waals surface area (Å²) < 4.78 is 0. The van der Waals surface area contributed by atoms with E-state index in [-0.39, 0.29) is 0 Å². The van der Waals surface area contributed by atoms with Crippen molar-refractivity contribution in [2.75, 3.05) is 58.8 Å². The number of hydrogen-bond donors (Lipinski definition) is 3. The topological polar surface area (TPSA) is 59.2 Å². The van der Waals surface area contributed by atoms with Crippen molar-refractivity contribution in [3.05, 3.63) is 46.0 Å². The number of rotatable bonds is 12. The highest BCUT2D eigenvalue weighted by atomic mass is 35.5. The Labute approximate surface area is 231 Å². The smallest absolute Gasteiger partial charge is 0.204 e. The molecule has 3 N–H and O–H groups in total. The van der Waals surface area contributed by atoms with Gasteiger partial charge in [0.1, 0.15) is 0 Å². The summed E-state index contributed by atoms with van der Waals surface area (Å²) in [4.78, 5) is 13.4. The summed E-state index contributed by atoms with van der Waals surface area (Å²) in [6.07, 6.45) is 14.8. The highest BCUT2D eigenvalue weighted by Crippen LogP contribution is 2.67. The van der Waals surface area contributed by atoms with Crippen LogP contribution < -0.4 is 15.5 Å². The van der Waals surface area contributed by atoms with Crippen molar-refractivity contribution in [2.24, 2.45) is 17.3 Å². The van der Waals surface area contributed by atoms with Crippen LogP contribution in [0.4, 0.5) is 5.95 Å². The number of nitrogens with zero attached hydrogens (tertiary/aromatic N) is 3. The van der Waals surface area contributed by atoms with Gasteiger partial charge in [-0.1, -0.05) is 41.4 Å². The Balaban J connectivity index is 1.29. The quantitative estimate of drug-likeness (QED) is 0.308. The Hall–Kier alpha value is -1.57. The zero-order valence-corrected chi connectivity index (χ0v) is 24.0. The van der Waals surface area contributed by atoms with Crippen molar-refractivity contribution < 1.29 is 0 Å². The van der Waals surface area contributed by atoms with Gasteiger partial charge in [-0.3, -0.25) is 0 Å². The number of H-pyrrole nitrogens is 1. The summed E-state index contributed by atoms with van der Waals surface area (Å²) in [5.41, 5.74) is 3.82. The molecule has 0 aliphatic heterocycles. The van der Waals surface area contributed by atoms with Gasteiger partial charge in [-0.15, -0.1) is 0 Å². The fourth-order valence-corrected chi connectivity index (χ4v) is 7.07. The number of aromatic amines is 1. The van der Waals surface area contributed by atoms with Crippen LogP contribution in [-0.4, -0.2) is 74.8 Å². The monoisotopic (exact) mass is 544 g/mol. The minimum absolute atomic E-state index is 0.508. The lowest BCUT2D eigenvalue weighted by Gasteiger charge is -2.39. The average molecular weight is 546 g/mol. The van der Waals surface area contributed by atoms with Crippen LogP contribution in [0.25, 0.3) is 11.0 Å². The molecule has 1 aromatic carbocycles. The number of imidazole rings is 1. The molecular weight excluding hydrogens is 503 g/mol. The molecular formula is C29H42Cl2N6. The Morgan fingerprint density at radius 2 is 2.00 bits per heavy atom. The lowest BCUT2D eigenvalue weighted by Crippen LogP contribution is -2.42. The number of aromatic nitrogens is 2. The third-order valence-electron chi connectivity index (χ3n) is 8.68. The van der Waals surface area contributed by atoms with E-state index in [9.17, 15) is 0 Å². The Bertz CT molecular complexity index is 1100. The molecule has 3 aliphatic rings.